The van der Waals surface area contributed by atoms with Gasteiger partial charge in [0.25, 0.3) is 0 Å². The average Bonchev–Trinajstić information content (AvgIpc) is 3.14. The van der Waals surface area contributed by atoms with Crippen molar-refractivity contribution < 1.29 is 19.2 Å². The van der Waals surface area contributed by atoms with Crippen molar-refractivity contribution in [3.63, 3.8) is 0 Å². The van der Waals surface area contributed by atoms with Crippen LogP contribution in [0.15, 0.2) is 65.8 Å². The van der Waals surface area contributed by atoms with Crippen LogP contribution in [-0.2, 0) is 16.2 Å². The van der Waals surface area contributed by atoms with Crippen LogP contribution in [0.25, 0.3) is 21.8 Å². The summed E-state index contributed by atoms with van der Waals surface area (Å²) < 4.78 is 2.17. The fourth-order valence-corrected chi connectivity index (χ4v) is 4.21. The maximum Gasteiger partial charge on any atom is 0.331 e. The Morgan fingerprint density at radius 2 is 1.62 bits per heavy atom. The van der Waals surface area contributed by atoms with Gasteiger partial charge in [0.15, 0.2) is 5.78 Å². The molecule has 0 bridgehead atoms. The largest absolute Gasteiger partial charge is 0.340 e. The summed E-state index contributed by atoms with van der Waals surface area (Å²) in [7, 11) is 0. The highest BCUT2D eigenvalue weighted by molar-refractivity contribution is 6.45. The quantitative estimate of drug-likeness (QED) is 0.152. The Bertz CT molecular complexity index is 1480. The molecule has 0 atom stereocenters. The van der Waals surface area contributed by atoms with Crippen molar-refractivity contribution in [2.75, 3.05) is 0 Å². The highest BCUT2D eigenvalue weighted by atomic mass is 16.7. The number of oxime groups is 1. The molecule has 0 aliphatic carbocycles. The lowest BCUT2D eigenvalue weighted by atomic mass is 9.97. The summed E-state index contributed by atoms with van der Waals surface area (Å²) in [5, 5.41) is 5.55. The van der Waals surface area contributed by atoms with E-state index >= 15 is 0 Å². The van der Waals surface area contributed by atoms with Gasteiger partial charge in [-0.2, -0.15) is 0 Å². The minimum Gasteiger partial charge on any atom is -0.340 e. The summed E-state index contributed by atoms with van der Waals surface area (Å²) in [5.41, 5.74) is 4.72. The molecule has 1 aromatic heterocycles. The molecule has 0 amide bonds. The Balaban J connectivity index is 1.83. The third-order valence-corrected chi connectivity index (χ3v) is 5.87. The minimum absolute atomic E-state index is 0.0134. The van der Waals surface area contributed by atoms with E-state index < -0.39 is 5.97 Å². The Morgan fingerprint density at radius 3 is 2.32 bits per heavy atom. The van der Waals surface area contributed by atoms with Crippen LogP contribution in [0.3, 0.4) is 0 Å². The summed E-state index contributed by atoms with van der Waals surface area (Å²) in [5.74, 6) is -0.908. The summed E-state index contributed by atoms with van der Waals surface area (Å²) >= 11 is 0. The number of aromatic nitrogens is 1. The van der Waals surface area contributed by atoms with Crippen molar-refractivity contribution in [2.45, 2.75) is 40.7 Å². The van der Waals surface area contributed by atoms with Crippen LogP contribution >= 0.6 is 0 Å². The summed E-state index contributed by atoms with van der Waals surface area (Å²) in [6, 6.07) is 18.8. The van der Waals surface area contributed by atoms with Crippen molar-refractivity contribution in [3.05, 3.63) is 82.9 Å². The van der Waals surface area contributed by atoms with Gasteiger partial charge in [-0.15, -0.1) is 0 Å². The van der Waals surface area contributed by atoms with Crippen molar-refractivity contribution >= 4 is 45.1 Å². The van der Waals surface area contributed by atoms with Gasteiger partial charge in [0.1, 0.15) is 5.71 Å². The number of fused-ring (bicyclic) bond motifs is 3. The van der Waals surface area contributed by atoms with Crippen LogP contribution in [0.5, 0.6) is 0 Å². The molecule has 0 fully saturated rings. The lowest BCUT2D eigenvalue weighted by Gasteiger charge is -2.07. The van der Waals surface area contributed by atoms with E-state index in [9.17, 15) is 14.4 Å². The molecular formula is C28H26N2O4. The molecule has 0 unspecified atom stereocenters. The second-order valence-corrected chi connectivity index (χ2v) is 8.35. The number of hydrogen-bond acceptors (Lipinski definition) is 5. The zero-order valence-electron chi connectivity index (χ0n) is 19.7. The maximum atomic E-state index is 13.2. The number of hydrogen-bond donors (Lipinski definition) is 0. The van der Waals surface area contributed by atoms with Crippen LogP contribution in [0.1, 0.15) is 59.0 Å². The molecule has 3 aromatic carbocycles. The molecule has 6 heteroatoms. The fraction of sp³-hybridized carbons (Fsp3) is 0.214. The number of ketones is 2. The van der Waals surface area contributed by atoms with E-state index in [1.54, 1.807) is 6.07 Å². The van der Waals surface area contributed by atoms with Gasteiger partial charge in [-0.1, -0.05) is 48.5 Å². The topological polar surface area (TPSA) is 77.7 Å². The first kappa shape index (κ1) is 23.1. The van der Waals surface area contributed by atoms with E-state index in [-0.39, 0.29) is 17.3 Å². The monoisotopic (exact) mass is 454 g/mol. The van der Waals surface area contributed by atoms with E-state index in [1.807, 2.05) is 61.5 Å². The van der Waals surface area contributed by atoms with E-state index in [1.165, 1.54) is 13.8 Å². The fourth-order valence-electron chi connectivity index (χ4n) is 4.21. The van der Waals surface area contributed by atoms with Gasteiger partial charge in [0, 0.05) is 52.0 Å². The van der Waals surface area contributed by atoms with E-state index in [0.29, 0.717) is 16.7 Å². The molecule has 4 aromatic rings. The molecule has 0 aliphatic heterocycles. The number of carbonyl (C=O) groups is 3. The van der Waals surface area contributed by atoms with Crippen molar-refractivity contribution in [2.24, 2.45) is 5.16 Å². The first-order valence-electron chi connectivity index (χ1n) is 11.2. The Hall–Kier alpha value is -4.06. The van der Waals surface area contributed by atoms with Gasteiger partial charge in [-0.05, 0) is 50.1 Å². The number of aryl methyl sites for hydroxylation is 2. The van der Waals surface area contributed by atoms with Crippen LogP contribution in [0.4, 0.5) is 0 Å². The van der Waals surface area contributed by atoms with Gasteiger partial charge in [0.2, 0.25) is 5.78 Å². The zero-order chi connectivity index (χ0) is 24.4. The summed E-state index contributed by atoms with van der Waals surface area (Å²) in [6.07, 6.45) is 0.911. The highest BCUT2D eigenvalue weighted by Gasteiger charge is 2.18. The standard InChI is InChI=1S/C28H26N2O4/c1-5-14-30-25-13-11-20(28(33)22-9-7-6-8-17(22)2)15-24(25)23-12-10-21(16-26(23)30)27(32)18(3)29-34-19(4)31/h6-13,15-16H,5,14H2,1-4H3/b29-18+. The molecule has 0 N–H and O–H groups in total. The predicted molar refractivity (Wildman–Crippen MR) is 134 cm³/mol. The molecule has 0 saturated heterocycles. The molecule has 0 saturated carbocycles. The normalized spacial score (nSPS) is 11.7. The molecular weight excluding hydrogens is 428 g/mol. The number of Topliss-reactive ketones (excluding diaryl/α,β-unsaturated/α-hetero) is 1. The van der Waals surface area contributed by atoms with E-state index in [2.05, 4.69) is 21.5 Å². The molecule has 0 spiro atoms. The van der Waals surface area contributed by atoms with Crippen LogP contribution < -0.4 is 0 Å². The minimum atomic E-state index is -0.582. The number of rotatable bonds is 7. The van der Waals surface area contributed by atoms with Crippen molar-refractivity contribution in [1.29, 1.82) is 0 Å². The van der Waals surface area contributed by atoms with Gasteiger partial charge in [0.05, 0.1) is 0 Å². The van der Waals surface area contributed by atoms with Crippen LogP contribution in [0.2, 0.25) is 0 Å². The Morgan fingerprint density at radius 1 is 0.882 bits per heavy atom. The van der Waals surface area contributed by atoms with Crippen molar-refractivity contribution in [3.8, 4) is 0 Å². The van der Waals surface area contributed by atoms with Gasteiger partial charge in [-0.3, -0.25) is 9.59 Å². The van der Waals surface area contributed by atoms with Gasteiger partial charge >= 0.3 is 5.97 Å². The lowest BCUT2D eigenvalue weighted by molar-refractivity contribution is -0.140. The van der Waals surface area contributed by atoms with Gasteiger partial charge in [-0.25, -0.2) is 4.79 Å². The molecule has 34 heavy (non-hydrogen) atoms. The first-order valence-corrected chi connectivity index (χ1v) is 11.2. The number of nitrogens with zero attached hydrogens (tertiary/aromatic N) is 2. The smallest absolute Gasteiger partial charge is 0.331 e. The first-order chi connectivity index (χ1) is 16.3. The SMILES string of the molecule is CCCn1c2ccc(C(=O)c3ccccc3C)cc2c2ccc(C(=O)/C(C)=N/OC(C)=O)cc21. The van der Waals surface area contributed by atoms with E-state index in [0.717, 1.165) is 40.3 Å². The second-order valence-electron chi connectivity index (χ2n) is 8.35. The molecule has 4 rings (SSSR count). The Labute approximate surface area is 197 Å². The number of carbonyl (C=O) groups excluding carboxylic acids is 3. The third kappa shape index (κ3) is 4.27. The number of benzene rings is 3. The van der Waals surface area contributed by atoms with Crippen molar-refractivity contribution in [1.82, 2.24) is 4.57 Å². The van der Waals surface area contributed by atoms with Crippen LogP contribution in [0, 0.1) is 6.92 Å². The highest BCUT2D eigenvalue weighted by Crippen LogP contribution is 2.32. The predicted octanol–water partition coefficient (Wildman–Crippen LogP) is 5.87. The summed E-state index contributed by atoms with van der Waals surface area (Å²) in [6.45, 7) is 7.54. The average molecular weight is 455 g/mol. The van der Waals surface area contributed by atoms with Crippen LogP contribution in [-0.4, -0.2) is 27.8 Å². The lowest BCUT2D eigenvalue weighted by Crippen LogP contribution is -2.12. The zero-order valence-corrected chi connectivity index (χ0v) is 19.7. The Kier molecular flexibility index (Phi) is 6.41. The molecule has 0 radical (unpaired) electrons. The molecule has 6 nitrogen and oxygen atoms in total. The third-order valence-electron chi connectivity index (χ3n) is 5.87. The van der Waals surface area contributed by atoms with Gasteiger partial charge < -0.3 is 9.40 Å². The molecule has 1 heterocycles. The second kappa shape index (κ2) is 9.43. The maximum absolute atomic E-state index is 13.2. The molecule has 172 valence electrons. The van der Waals surface area contributed by atoms with E-state index in [4.69, 9.17) is 0 Å². The molecule has 0 aliphatic rings. The summed E-state index contributed by atoms with van der Waals surface area (Å²) in [4.78, 5) is 41.7.